The summed E-state index contributed by atoms with van der Waals surface area (Å²) in [5.41, 5.74) is 24.1. The van der Waals surface area contributed by atoms with Crippen molar-refractivity contribution < 1.29 is 0 Å². The second-order valence-electron chi connectivity index (χ2n) is 18.1. The van der Waals surface area contributed by atoms with Gasteiger partial charge < -0.3 is 4.90 Å². The van der Waals surface area contributed by atoms with Gasteiger partial charge in [-0.25, -0.2) is 0 Å². The summed E-state index contributed by atoms with van der Waals surface area (Å²) in [7, 11) is 0. The third kappa shape index (κ3) is 6.71. The predicted octanol–water partition coefficient (Wildman–Crippen LogP) is 16.6. The van der Waals surface area contributed by atoms with Crippen LogP contribution in [0.3, 0.4) is 0 Å². The maximum atomic E-state index is 2.45. The highest BCUT2D eigenvalue weighted by atomic mass is 15.1. The van der Waals surface area contributed by atoms with Crippen molar-refractivity contribution in [3.8, 4) is 44.5 Å². The van der Waals surface area contributed by atoms with Crippen LogP contribution in [-0.4, -0.2) is 0 Å². The largest absolute Gasteiger partial charge is 0.310 e. The van der Waals surface area contributed by atoms with Crippen molar-refractivity contribution in [2.45, 2.75) is 51.4 Å². The minimum atomic E-state index is -0.298. The zero-order valence-corrected chi connectivity index (χ0v) is 36.5. The van der Waals surface area contributed by atoms with E-state index >= 15 is 0 Å². The number of nitrogens with zero attached hydrogens (tertiary/aromatic N) is 1. The minimum absolute atomic E-state index is 0.298. The molecule has 2 atom stereocenters. The van der Waals surface area contributed by atoms with Crippen LogP contribution in [0.15, 0.2) is 212 Å². The quantitative estimate of drug-likeness (QED) is 0.148. The van der Waals surface area contributed by atoms with E-state index in [4.69, 9.17) is 0 Å². The van der Waals surface area contributed by atoms with Crippen LogP contribution >= 0.6 is 0 Å². The van der Waals surface area contributed by atoms with Gasteiger partial charge in [-0.1, -0.05) is 189 Å². The van der Waals surface area contributed by atoms with Crippen LogP contribution < -0.4 is 4.90 Å². The normalized spacial score (nSPS) is 15.9. The predicted molar refractivity (Wildman–Crippen MR) is 266 cm³/mol. The van der Waals surface area contributed by atoms with Crippen molar-refractivity contribution >= 4 is 17.1 Å². The van der Waals surface area contributed by atoms with Gasteiger partial charge in [-0.3, -0.25) is 0 Å². The topological polar surface area (TPSA) is 3.24 Å². The molecule has 2 aliphatic carbocycles. The van der Waals surface area contributed by atoms with E-state index in [-0.39, 0.29) is 5.41 Å². The van der Waals surface area contributed by atoms with Gasteiger partial charge in [0.15, 0.2) is 0 Å². The van der Waals surface area contributed by atoms with Gasteiger partial charge >= 0.3 is 0 Å². The number of rotatable bonds is 8. The summed E-state index contributed by atoms with van der Waals surface area (Å²) in [6.45, 7) is 9.12. The Kier molecular flexibility index (Phi) is 9.58. The molecule has 0 saturated carbocycles. The molecule has 2 unspecified atom stereocenters. The SMILES string of the molecule is Cc1ccc2c(c1)-c1cc(-c3ccc(N(c4ccc(-c5cccc(C(C)C)c5)cc4)c4ccc5c(c4)C(C)(c4ccccc4)c4ccccc4-5)cc3)ccc1C(c1ccccc1)C2. The number of fused-ring (bicyclic) bond motifs is 6. The maximum absolute atomic E-state index is 2.45. The average molecular weight is 810 g/mol. The molecule has 0 spiro atoms. The second kappa shape index (κ2) is 15.6. The Labute approximate surface area is 373 Å². The molecule has 1 heteroatoms. The number of hydrogen-bond acceptors (Lipinski definition) is 1. The zero-order chi connectivity index (χ0) is 42.7. The van der Waals surface area contributed by atoms with E-state index in [0.717, 1.165) is 23.5 Å². The second-order valence-corrected chi connectivity index (χ2v) is 18.1. The summed E-state index contributed by atoms with van der Waals surface area (Å²) < 4.78 is 0. The third-order valence-electron chi connectivity index (χ3n) is 14.0. The molecule has 0 bridgehead atoms. The van der Waals surface area contributed by atoms with Crippen molar-refractivity contribution in [1.29, 1.82) is 0 Å². The third-order valence-corrected chi connectivity index (χ3v) is 14.0. The highest BCUT2D eigenvalue weighted by Crippen LogP contribution is 2.54. The van der Waals surface area contributed by atoms with Gasteiger partial charge in [0, 0.05) is 28.4 Å². The van der Waals surface area contributed by atoms with Crippen LogP contribution in [0.1, 0.15) is 77.1 Å². The van der Waals surface area contributed by atoms with Crippen LogP contribution in [0.5, 0.6) is 0 Å². The Hall–Kier alpha value is -7.22. The molecule has 0 heterocycles. The van der Waals surface area contributed by atoms with Gasteiger partial charge in [0.05, 0.1) is 0 Å². The van der Waals surface area contributed by atoms with Gasteiger partial charge in [0.1, 0.15) is 0 Å². The van der Waals surface area contributed by atoms with E-state index in [0.29, 0.717) is 11.8 Å². The van der Waals surface area contributed by atoms with Crippen LogP contribution in [0.25, 0.3) is 44.5 Å². The van der Waals surface area contributed by atoms with E-state index in [2.05, 4.69) is 245 Å². The first-order valence-electron chi connectivity index (χ1n) is 22.5. The van der Waals surface area contributed by atoms with Crippen molar-refractivity contribution in [2.75, 3.05) is 4.90 Å². The van der Waals surface area contributed by atoms with Gasteiger partial charge in [0.2, 0.25) is 0 Å². The summed E-state index contributed by atoms with van der Waals surface area (Å²) in [5.74, 6) is 0.804. The van der Waals surface area contributed by atoms with Crippen molar-refractivity contribution in [1.82, 2.24) is 0 Å². The molecule has 2 aliphatic rings. The molecule has 9 aromatic carbocycles. The fourth-order valence-electron chi connectivity index (χ4n) is 10.5. The molecular formula is C62H51N. The molecule has 11 rings (SSSR count). The number of hydrogen-bond donors (Lipinski definition) is 0. The van der Waals surface area contributed by atoms with E-state index in [1.54, 1.807) is 0 Å². The zero-order valence-electron chi connectivity index (χ0n) is 36.5. The van der Waals surface area contributed by atoms with Crippen LogP contribution in [0, 0.1) is 6.92 Å². The monoisotopic (exact) mass is 809 g/mol. The van der Waals surface area contributed by atoms with E-state index in [9.17, 15) is 0 Å². The smallest absolute Gasteiger partial charge is 0.0465 e. The Morgan fingerprint density at radius 3 is 1.79 bits per heavy atom. The van der Waals surface area contributed by atoms with Crippen molar-refractivity contribution in [2.24, 2.45) is 0 Å². The van der Waals surface area contributed by atoms with Crippen LogP contribution in [0.4, 0.5) is 17.1 Å². The van der Waals surface area contributed by atoms with E-state index in [1.165, 1.54) is 89.0 Å². The van der Waals surface area contributed by atoms with Gasteiger partial charge in [0.25, 0.3) is 0 Å². The van der Waals surface area contributed by atoms with E-state index in [1.807, 2.05) is 0 Å². The molecule has 0 aliphatic heterocycles. The summed E-state index contributed by atoms with van der Waals surface area (Å²) in [6.07, 6.45) is 1.01. The molecule has 304 valence electrons. The first kappa shape index (κ1) is 38.7. The minimum Gasteiger partial charge on any atom is -0.310 e. The van der Waals surface area contributed by atoms with E-state index < -0.39 is 0 Å². The molecule has 0 fully saturated rings. The first-order chi connectivity index (χ1) is 30.8. The summed E-state index contributed by atoms with van der Waals surface area (Å²) in [6, 6.07) is 79.6. The lowest BCUT2D eigenvalue weighted by Gasteiger charge is -2.31. The fourth-order valence-corrected chi connectivity index (χ4v) is 10.5. The maximum Gasteiger partial charge on any atom is 0.0465 e. The lowest BCUT2D eigenvalue weighted by atomic mass is 9.74. The molecule has 0 aromatic heterocycles. The van der Waals surface area contributed by atoms with Crippen LogP contribution in [0.2, 0.25) is 0 Å². The summed E-state index contributed by atoms with van der Waals surface area (Å²) in [4.78, 5) is 2.43. The Balaban J connectivity index is 1.02. The average Bonchev–Trinajstić information content (AvgIpc) is 3.60. The lowest BCUT2D eigenvalue weighted by molar-refractivity contribution is 0.714. The molecule has 0 N–H and O–H groups in total. The molecule has 0 amide bonds. The standard InChI is InChI=1S/C62H51N/c1-41(2)46-16-13-17-47(37-46)43-24-29-51(30-25-43)63(53-33-35-56-55-20-11-12-21-60(55)62(4,61(56)40-53)50-18-9-6-10-19-50)52-31-26-44(27-32-52)48-28-34-54-58(45-14-7-5-8-15-45)39-49-23-22-42(3)36-57(49)59(54)38-48/h5-38,40-41,58H,39H2,1-4H3. The summed E-state index contributed by atoms with van der Waals surface area (Å²) in [5, 5.41) is 0. The molecule has 0 radical (unpaired) electrons. The van der Waals surface area contributed by atoms with Crippen molar-refractivity contribution in [3.63, 3.8) is 0 Å². The fraction of sp³-hybridized carbons (Fsp3) is 0.129. The Bertz CT molecular complexity index is 3120. The Morgan fingerprint density at radius 2 is 1.08 bits per heavy atom. The number of anilines is 3. The first-order valence-corrected chi connectivity index (χ1v) is 22.5. The lowest BCUT2D eigenvalue weighted by Crippen LogP contribution is -2.22. The Morgan fingerprint density at radius 1 is 0.460 bits per heavy atom. The summed E-state index contributed by atoms with van der Waals surface area (Å²) >= 11 is 0. The van der Waals surface area contributed by atoms with Gasteiger partial charge in [-0.15, -0.1) is 0 Å². The highest BCUT2D eigenvalue weighted by molar-refractivity contribution is 5.88. The van der Waals surface area contributed by atoms with Crippen molar-refractivity contribution in [3.05, 3.63) is 257 Å². The van der Waals surface area contributed by atoms with Gasteiger partial charge in [-0.2, -0.15) is 0 Å². The van der Waals surface area contributed by atoms with Crippen LogP contribution in [-0.2, 0) is 11.8 Å². The van der Waals surface area contributed by atoms with Gasteiger partial charge in [-0.05, 0) is 152 Å². The number of aryl methyl sites for hydroxylation is 1. The molecule has 63 heavy (non-hydrogen) atoms. The number of benzene rings is 9. The molecule has 0 saturated heterocycles. The molecule has 1 nitrogen and oxygen atoms in total. The molecular weight excluding hydrogens is 759 g/mol. The highest BCUT2D eigenvalue weighted by Gasteiger charge is 2.41. The molecule has 9 aromatic rings.